The minimum Gasteiger partial charge on any atom is -0.494 e. The van der Waals surface area contributed by atoms with E-state index in [-0.39, 0.29) is 34.3 Å². The Hall–Kier alpha value is -1.47. The lowest BCUT2D eigenvalue weighted by Gasteiger charge is -2.25. The SMILES string of the molecule is CC[C@H](C)n1c(O)c(C=N[C@@H]2CCCC[C@H]2N)c(=O)[nH]c1=S. The van der Waals surface area contributed by atoms with Crippen LogP contribution in [0.1, 0.15) is 57.6 Å². The Morgan fingerprint density at radius 3 is 2.86 bits per heavy atom. The van der Waals surface area contributed by atoms with Crippen LogP contribution in [-0.2, 0) is 0 Å². The van der Waals surface area contributed by atoms with Gasteiger partial charge in [-0.15, -0.1) is 0 Å². The van der Waals surface area contributed by atoms with E-state index < -0.39 is 5.56 Å². The number of aromatic hydroxyl groups is 1. The van der Waals surface area contributed by atoms with Gasteiger partial charge in [-0.25, -0.2) is 0 Å². The Morgan fingerprint density at radius 2 is 2.23 bits per heavy atom. The highest BCUT2D eigenvalue weighted by atomic mass is 32.1. The molecule has 1 aromatic heterocycles. The summed E-state index contributed by atoms with van der Waals surface area (Å²) in [4.78, 5) is 19.1. The van der Waals surface area contributed by atoms with E-state index in [1.54, 1.807) is 4.57 Å². The second-order valence-corrected chi connectivity index (χ2v) is 6.30. The van der Waals surface area contributed by atoms with Gasteiger partial charge in [-0.2, -0.15) is 0 Å². The van der Waals surface area contributed by atoms with Crippen molar-refractivity contribution in [1.82, 2.24) is 9.55 Å². The number of aliphatic imine (C=N–C) groups is 1. The zero-order chi connectivity index (χ0) is 16.3. The van der Waals surface area contributed by atoms with Crippen LogP contribution in [0.25, 0.3) is 0 Å². The molecule has 0 spiro atoms. The molecule has 4 N–H and O–H groups in total. The van der Waals surface area contributed by atoms with Crippen LogP contribution >= 0.6 is 12.2 Å². The molecule has 0 bridgehead atoms. The third-order valence-corrected chi connectivity index (χ3v) is 4.66. The van der Waals surface area contributed by atoms with Crippen molar-refractivity contribution < 1.29 is 5.11 Å². The number of nitrogens with one attached hydrogen (secondary N) is 1. The number of aromatic amines is 1. The van der Waals surface area contributed by atoms with Gasteiger partial charge in [0.25, 0.3) is 5.56 Å². The van der Waals surface area contributed by atoms with Gasteiger partial charge in [0.15, 0.2) is 4.77 Å². The number of nitrogens with zero attached hydrogens (tertiary/aromatic N) is 2. The van der Waals surface area contributed by atoms with Crippen molar-refractivity contribution in [1.29, 1.82) is 0 Å². The quantitative estimate of drug-likeness (QED) is 0.585. The lowest BCUT2D eigenvalue weighted by atomic mass is 9.91. The molecular weight excluding hydrogens is 300 g/mol. The monoisotopic (exact) mass is 324 g/mol. The van der Waals surface area contributed by atoms with Gasteiger partial charge in [0.2, 0.25) is 5.88 Å². The lowest BCUT2D eigenvalue weighted by Crippen LogP contribution is -2.36. The molecule has 1 fully saturated rings. The molecule has 0 aliphatic heterocycles. The molecule has 7 heteroatoms. The number of aromatic nitrogens is 2. The molecule has 122 valence electrons. The Balaban J connectivity index is 2.38. The first kappa shape index (κ1) is 16.9. The van der Waals surface area contributed by atoms with E-state index in [1.165, 1.54) is 6.21 Å². The van der Waals surface area contributed by atoms with Gasteiger partial charge < -0.3 is 10.8 Å². The number of rotatable bonds is 4. The smallest absolute Gasteiger partial charge is 0.264 e. The molecule has 2 rings (SSSR count). The minimum absolute atomic E-state index is 0.00608. The molecule has 0 amide bonds. The van der Waals surface area contributed by atoms with Crippen molar-refractivity contribution >= 4 is 18.4 Å². The molecule has 0 saturated heterocycles. The van der Waals surface area contributed by atoms with Crippen LogP contribution in [0.15, 0.2) is 9.79 Å². The molecule has 1 heterocycles. The number of H-pyrrole nitrogens is 1. The first-order valence-electron chi connectivity index (χ1n) is 7.82. The summed E-state index contributed by atoms with van der Waals surface area (Å²) >= 11 is 5.14. The van der Waals surface area contributed by atoms with Gasteiger partial charge in [0.1, 0.15) is 5.56 Å². The number of nitrogens with two attached hydrogens (primary N) is 1. The van der Waals surface area contributed by atoms with Gasteiger partial charge in [0, 0.05) is 18.3 Å². The van der Waals surface area contributed by atoms with E-state index >= 15 is 0 Å². The molecule has 1 aromatic rings. The van der Waals surface area contributed by atoms with E-state index in [4.69, 9.17) is 18.0 Å². The van der Waals surface area contributed by atoms with E-state index in [0.717, 1.165) is 32.1 Å². The molecule has 1 saturated carbocycles. The molecule has 1 aliphatic carbocycles. The summed E-state index contributed by atoms with van der Waals surface area (Å²) in [5.74, 6) is -0.128. The molecule has 3 atom stereocenters. The fourth-order valence-corrected chi connectivity index (χ4v) is 3.11. The molecule has 0 unspecified atom stereocenters. The van der Waals surface area contributed by atoms with Gasteiger partial charge in [-0.3, -0.25) is 19.3 Å². The lowest BCUT2D eigenvalue weighted by molar-refractivity contribution is 0.370. The van der Waals surface area contributed by atoms with Crippen molar-refractivity contribution in [2.24, 2.45) is 10.7 Å². The van der Waals surface area contributed by atoms with Crippen molar-refractivity contribution in [3.8, 4) is 5.88 Å². The van der Waals surface area contributed by atoms with Gasteiger partial charge >= 0.3 is 0 Å². The first-order chi connectivity index (χ1) is 10.5. The highest BCUT2D eigenvalue weighted by molar-refractivity contribution is 7.71. The van der Waals surface area contributed by atoms with E-state index in [0.29, 0.717) is 0 Å². The van der Waals surface area contributed by atoms with Gasteiger partial charge in [-0.05, 0) is 38.4 Å². The average Bonchev–Trinajstić information content (AvgIpc) is 2.48. The van der Waals surface area contributed by atoms with Crippen molar-refractivity contribution in [2.45, 2.75) is 64.1 Å². The minimum atomic E-state index is -0.421. The zero-order valence-electron chi connectivity index (χ0n) is 13.1. The Bertz CT molecular complexity index is 664. The molecule has 0 aromatic carbocycles. The number of hydrogen-bond donors (Lipinski definition) is 3. The highest BCUT2D eigenvalue weighted by Gasteiger charge is 2.21. The summed E-state index contributed by atoms with van der Waals surface area (Å²) in [6.45, 7) is 3.93. The van der Waals surface area contributed by atoms with Crippen LogP contribution in [0.5, 0.6) is 5.88 Å². The van der Waals surface area contributed by atoms with Gasteiger partial charge in [-0.1, -0.05) is 19.8 Å². The predicted molar refractivity (Wildman–Crippen MR) is 90.4 cm³/mol. The van der Waals surface area contributed by atoms with Crippen LogP contribution in [-0.4, -0.2) is 33.0 Å². The Labute approximate surface area is 135 Å². The predicted octanol–water partition coefficient (Wildman–Crippen LogP) is 2.27. The third kappa shape index (κ3) is 3.47. The molecule has 6 nitrogen and oxygen atoms in total. The maximum atomic E-state index is 12.1. The summed E-state index contributed by atoms with van der Waals surface area (Å²) in [6, 6.07) is 0.0207. The molecule has 1 aliphatic rings. The maximum absolute atomic E-state index is 12.1. The van der Waals surface area contributed by atoms with E-state index in [2.05, 4.69) is 9.98 Å². The first-order valence-corrected chi connectivity index (χ1v) is 8.23. The number of hydrogen-bond acceptors (Lipinski definition) is 5. The highest BCUT2D eigenvalue weighted by Crippen LogP contribution is 2.22. The standard InChI is InChI=1S/C15H24N4O2S/c1-3-9(2)19-14(21)10(13(20)18-15(19)22)8-17-12-7-5-4-6-11(12)16/h8-9,11-12,21H,3-7,16H2,1-2H3,(H,18,20,22)/t9-,11+,12+/m0/s1. The fourth-order valence-electron chi connectivity index (χ4n) is 2.76. The second-order valence-electron chi connectivity index (χ2n) is 5.92. The van der Waals surface area contributed by atoms with Crippen molar-refractivity contribution in [3.63, 3.8) is 0 Å². The zero-order valence-corrected chi connectivity index (χ0v) is 13.9. The van der Waals surface area contributed by atoms with Crippen LogP contribution in [0.4, 0.5) is 0 Å². The third-order valence-electron chi connectivity index (χ3n) is 4.36. The van der Waals surface area contributed by atoms with E-state index in [9.17, 15) is 9.90 Å². The topological polar surface area (TPSA) is 96.4 Å². The van der Waals surface area contributed by atoms with Crippen LogP contribution in [0.2, 0.25) is 0 Å². The van der Waals surface area contributed by atoms with Crippen LogP contribution in [0, 0.1) is 4.77 Å². The summed E-state index contributed by atoms with van der Waals surface area (Å²) < 4.78 is 1.78. The molecule has 0 radical (unpaired) electrons. The summed E-state index contributed by atoms with van der Waals surface area (Å²) in [6.07, 6.45) is 6.31. The average molecular weight is 324 g/mol. The Kier molecular flexibility index (Phi) is 5.52. The summed E-state index contributed by atoms with van der Waals surface area (Å²) in [5, 5.41) is 10.4. The summed E-state index contributed by atoms with van der Waals surface area (Å²) in [7, 11) is 0. The summed E-state index contributed by atoms with van der Waals surface area (Å²) in [5.41, 5.74) is 5.78. The van der Waals surface area contributed by atoms with Crippen molar-refractivity contribution in [2.75, 3.05) is 0 Å². The molecule has 22 heavy (non-hydrogen) atoms. The normalized spacial score (nSPS) is 23.8. The fraction of sp³-hybridized carbons (Fsp3) is 0.667. The van der Waals surface area contributed by atoms with Crippen LogP contribution in [0.3, 0.4) is 0 Å². The molecular formula is C15H24N4O2S. The van der Waals surface area contributed by atoms with Gasteiger partial charge in [0.05, 0.1) is 6.04 Å². The largest absolute Gasteiger partial charge is 0.494 e. The second kappa shape index (κ2) is 7.19. The maximum Gasteiger partial charge on any atom is 0.264 e. The van der Waals surface area contributed by atoms with Crippen molar-refractivity contribution in [3.05, 3.63) is 20.7 Å². The van der Waals surface area contributed by atoms with Crippen LogP contribution < -0.4 is 11.3 Å². The Morgan fingerprint density at radius 1 is 1.55 bits per heavy atom. The van der Waals surface area contributed by atoms with E-state index in [1.807, 2.05) is 13.8 Å².